The maximum absolute atomic E-state index is 13.3. The van der Waals surface area contributed by atoms with E-state index >= 15 is 0 Å². The van der Waals surface area contributed by atoms with E-state index in [4.69, 9.17) is 0 Å². The molecule has 0 bridgehead atoms. The lowest BCUT2D eigenvalue weighted by molar-refractivity contribution is -0.122. The van der Waals surface area contributed by atoms with Gasteiger partial charge in [-0.05, 0) is 18.4 Å². The minimum atomic E-state index is -0.957. The van der Waals surface area contributed by atoms with E-state index < -0.39 is 11.6 Å². The summed E-state index contributed by atoms with van der Waals surface area (Å²) in [4.78, 5) is 17.1. The van der Waals surface area contributed by atoms with E-state index in [1.165, 1.54) is 10.9 Å². The van der Waals surface area contributed by atoms with E-state index in [0.717, 1.165) is 17.0 Å². The van der Waals surface area contributed by atoms with Crippen molar-refractivity contribution in [2.75, 3.05) is 0 Å². The first kappa shape index (κ1) is 14.6. The number of carbonyl (C=O) groups is 1. The van der Waals surface area contributed by atoms with Crippen molar-refractivity contribution in [1.29, 1.82) is 0 Å². The van der Waals surface area contributed by atoms with Crippen LogP contribution < -0.4 is 5.32 Å². The minimum absolute atomic E-state index is 0.00269. The highest BCUT2D eigenvalue weighted by Crippen LogP contribution is 2.19. The van der Waals surface area contributed by atoms with E-state index in [1.807, 2.05) is 24.4 Å². The molecule has 4 nitrogen and oxygen atoms in total. The predicted molar refractivity (Wildman–Crippen MR) is 80.5 cm³/mol. The van der Waals surface area contributed by atoms with Gasteiger partial charge in [0.25, 0.3) is 0 Å². The zero-order valence-electron chi connectivity index (χ0n) is 11.7. The molecule has 1 atom stereocenters. The molecule has 2 aromatic heterocycles. The fourth-order valence-electron chi connectivity index (χ4n) is 2.23. The molecule has 114 valence electrons. The Balaban J connectivity index is 1.75. The highest BCUT2D eigenvalue weighted by atomic mass is 32.1. The third-order valence-corrected chi connectivity index (χ3v) is 4.38. The number of carbonyl (C=O) groups excluding carboxylic acids is 1. The van der Waals surface area contributed by atoms with Crippen LogP contribution in [0.15, 0.2) is 36.0 Å². The molecule has 2 heterocycles. The van der Waals surface area contributed by atoms with E-state index in [0.29, 0.717) is 11.0 Å². The number of nitrogens with zero attached hydrogens (tertiary/aromatic N) is 2. The molecule has 0 unspecified atom stereocenters. The smallest absolute Gasteiger partial charge is 0.240 e. The molecule has 0 aliphatic carbocycles. The summed E-state index contributed by atoms with van der Waals surface area (Å²) in [7, 11) is 0. The van der Waals surface area contributed by atoms with Crippen LogP contribution in [0.25, 0.3) is 11.0 Å². The second kappa shape index (κ2) is 5.84. The number of halogens is 2. The molecule has 3 aromatic rings. The van der Waals surface area contributed by atoms with Crippen molar-refractivity contribution in [2.24, 2.45) is 0 Å². The highest BCUT2D eigenvalue weighted by Gasteiger charge is 2.14. The molecule has 1 N–H and O–H groups in total. The number of benzene rings is 1. The van der Waals surface area contributed by atoms with Crippen molar-refractivity contribution in [3.8, 4) is 0 Å². The molecule has 3 rings (SSSR count). The molecular weight excluding hydrogens is 308 g/mol. The van der Waals surface area contributed by atoms with Crippen molar-refractivity contribution in [3.63, 3.8) is 0 Å². The van der Waals surface area contributed by atoms with Crippen LogP contribution in [0.5, 0.6) is 0 Å². The monoisotopic (exact) mass is 321 g/mol. The highest BCUT2D eigenvalue weighted by molar-refractivity contribution is 7.10. The zero-order chi connectivity index (χ0) is 15.7. The number of thiophene rings is 1. The molecular formula is C15H13F2N3OS. The molecule has 0 aliphatic heterocycles. The molecule has 0 aliphatic rings. The average Bonchev–Trinajstić information content (AvgIpc) is 3.11. The van der Waals surface area contributed by atoms with Crippen molar-refractivity contribution < 1.29 is 13.6 Å². The molecule has 0 saturated heterocycles. The first-order valence-corrected chi connectivity index (χ1v) is 7.55. The molecule has 22 heavy (non-hydrogen) atoms. The maximum atomic E-state index is 13.3. The van der Waals surface area contributed by atoms with E-state index in [1.54, 1.807) is 11.3 Å². The van der Waals surface area contributed by atoms with E-state index in [2.05, 4.69) is 10.3 Å². The first-order chi connectivity index (χ1) is 10.5. The van der Waals surface area contributed by atoms with Gasteiger partial charge in [0.1, 0.15) is 6.54 Å². The fourth-order valence-corrected chi connectivity index (χ4v) is 2.96. The molecule has 1 aromatic carbocycles. The second-order valence-electron chi connectivity index (χ2n) is 4.93. The van der Waals surface area contributed by atoms with Gasteiger partial charge in [-0.1, -0.05) is 6.07 Å². The molecule has 0 saturated carbocycles. The summed E-state index contributed by atoms with van der Waals surface area (Å²) < 4.78 is 28.0. The van der Waals surface area contributed by atoms with Crippen molar-refractivity contribution in [1.82, 2.24) is 14.9 Å². The first-order valence-electron chi connectivity index (χ1n) is 6.67. The van der Waals surface area contributed by atoms with E-state index in [-0.39, 0.29) is 18.5 Å². The van der Waals surface area contributed by atoms with Crippen LogP contribution >= 0.6 is 11.3 Å². The van der Waals surface area contributed by atoms with Crippen LogP contribution in [-0.4, -0.2) is 15.5 Å². The Morgan fingerprint density at radius 1 is 1.41 bits per heavy atom. The second-order valence-corrected chi connectivity index (χ2v) is 5.91. The Bertz CT molecular complexity index is 814. The summed E-state index contributed by atoms with van der Waals surface area (Å²) in [6.07, 6.45) is 1.40. The number of aromatic nitrogens is 2. The van der Waals surface area contributed by atoms with Crippen LogP contribution in [-0.2, 0) is 11.3 Å². The molecule has 0 radical (unpaired) electrons. The van der Waals surface area contributed by atoms with Crippen molar-refractivity contribution in [2.45, 2.75) is 19.5 Å². The lowest BCUT2D eigenvalue weighted by Crippen LogP contribution is -2.29. The SMILES string of the molecule is C[C@H](NC(=O)Cn1cnc2cc(F)c(F)cc21)c1cccs1. The van der Waals surface area contributed by atoms with Gasteiger partial charge in [0.05, 0.1) is 23.4 Å². The summed E-state index contributed by atoms with van der Waals surface area (Å²) >= 11 is 1.56. The number of imidazole rings is 1. The maximum Gasteiger partial charge on any atom is 0.240 e. The number of amides is 1. The summed E-state index contributed by atoms with van der Waals surface area (Å²) in [5.41, 5.74) is 0.704. The summed E-state index contributed by atoms with van der Waals surface area (Å²) in [6.45, 7) is 1.89. The van der Waals surface area contributed by atoms with Gasteiger partial charge < -0.3 is 9.88 Å². The van der Waals surface area contributed by atoms with Gasteiger partial charge in [0.2, 0.25) is 5.91 Å². The van der Waals surface area contributed by atoms with Crippen LogP contribution in [0, 0.1) is 11.6 Å². The molecule has 1 amide bonds. The third-order valence-electron chi connectivity index (χ3n) is 3.32. The van der Waals surface area contributed by atoms with Crippen LogP contribution in [0.2, 0.25) is 0 Å². The van der Waals surface area contributed by atoms with Crippen LogP contribution in [0.4, 0.5) is 8.78 Å². The lowest BCUT2D eigenvalue weighted by atomic mass is 10.2. The Kier molecular flexibility index (Phi) is 3.89. The van der Waals surface area contributed by atoms with Crippen LogP contribution in [0.1, 0.15) is 17.8 Å². The Labute approximate surface area is 129 Å². The van der Waals surface area contributed by atoms with Crippen molar-refractivity contribution in [3.05, 3.63) is 52.5 Å². The van der Waals surface area contributed by atoms with E-state index in [9.17, 15) is 13.6 Å². The van der Waals surface area contributed by atoms with Gasteiger partial charge in [-0.2, -0.15) is 0 Å². The summed E-state index contributed by atoms with van der Waals surface area (Å²) in [5, 5.41) is 4.81. The van der Waals surface area contributed by atoms with Crippen molar-refractivity contribution >= 4 is 28.3 Å². The molecule has 0 fully saturated rings. The largest absolute Gasteiger partial charge is 0.347 e. The Morgan fingerprint density at radius 2 is 2.18 bits per heavy atom. The summed E-state index contributed by atoms with van der Waals surface area (Å²) in [5.74, 6) is -2.12. The van der Waals surface area contributed by atoms with Gasteiger partial charge in [-0.3, -0.25) is 4.79 Å². The normalized spacial score (nSPS) is 12.5. The number of nitrogens with one attached hydrogen (secondary N) is 1. The summed E-state index contributed by atoms with van der Waals surface area (Å²) in [6, 6.07) is 5.83. The van der Waals surface area contributed by atoms with Gasteiger partial charge in [-0.15, -0.1) is 11.3 Å². The molecule has 7 heteroatoms. The number of fused-ring (bicyclic) bond motifs is 1. The quantitative estimate of drug-likeness (QED) is 0.802. The number of hydrogen-bond acceptors (Lipinski definition) is 3. The van der Waals surface area contributed by atoms with Gasteiger partial charge >= 0.3 is 0 Å². The standard InChI is InChI=1S/C15H13F2N3OS/c1-9(14-3-2-4-22-14)19-15(21)7-20-8-18-12-5-10(16)11(17)6-13(12)20/h2-6,8-9H,7H2,1H3,(H,19,21)/t9-/m0/s1. The third kappa shape index (κ3) is 2.85. The molecule has 0 spiro atoms. The lowest BCUT2D eigenvalue weighted by Gasteiger charge is -2.12. The number of rotatable bonds is 4. The average molecular weight is 321 g/mol. The minimum Gasteiger partial charge on any atom is -0.347 e. The Hall–Kier alpha value is -2.28. The van der Waals surface area contributed by atoms with Gasteiger partial charge in [-0.25, -0.2) is 13.8 Å². The number of hydrogen-bond donors (Lipinski definition) is 1. The Morgan fingerprint density at radius 3 is 2.91 bits per heavy atom. The zero-order valence-corrected chi connectivity index (χ0v) is 12.5. The fraction of sp³-hybridized carbons (Fsp3) is 0.200. The van der Waals surface area contributed by atoms with Gasteiger partial charge in [0.15, 0.2) is 11.6 Å². The predicted octanol–water partition coefficient (Wildman–Crippen LogP) is 3.25. The van der Waals surface area contributed by atoms with Crippen LogP contribution in [0.3, 0.4) is 0 Å². The topological polar surface area (TPSA) is 46.9 Å². The van der Waals surface area contributed by atoms with Gasteiger partial charge in [0, 0.05) is 17.0 Å².